The van der Waals surface area contributed by atoms with Gasteiger partial charge in [-0.05, 0) is 159 Å². The van der Waals surface area contributed by atoms with Gasteiger partial charge >= 0.3 is 0 Å². The summed E-state index contributed by atoms with van der Waals surface area (Å²) in [5, 5.41) is 15.0. The number of piperidine rings is 1. The van der Waals surface area contributed by atoms with Gasteiger partial charge in [-0.15, -0.1) is 0 Å². The number of carbonyl (C=O) groups excluding carboxylic acids is 5. The van der Waals surface area contributed by atoms with E-state index in [0.29, 0.717) is 64.7 Å². The second kappa shape index (κ2) is 50.7. The third-order valence-electron chi connectivity index (χ3n) is 20.2. The maximum atomic E-state index is 13.5. The molecule has 13 rings (SSSR count). The first kappa shape index (κ1) is 106. The molecule has 730 valence electrons. The van der Waals surface area contributed by atoms with Crippen molar-refractivity contribution in [3.8, 4) is 57.5 Å². The Balaban J connectivity index is 0.000000194. The molecule has 0 aliphatic carbocycles. The fraction of sp³-hybridized carbons (Fsp3) is 0.221. The molecule has 12 aromatic rings. The van der Waals surface area contributed by atoms with Gasteiger partial charge in [0.25, 0.3) is 50.1 Å². The number of hydrogen-bond acceptors (Lipinski definition) is 28. The molecule has 43 heteroatoms. The number of anilines is 7. The molecule has 138 heavy (non-hydrogen) atoms. The van der Waals surface area contributed by atoms with E-state index in [2.05, 4.69) is 31.1 Å². The summed E-state index contributed by atoms with van der Waals surface area (Å²) >= 11 is 0. The van der Waals surface area contributed by atoms with Crippen molar-refractivity contribution in [2.24, 2.45) is 5.73 Å². The Morgan fingerprint density at radius 3 is 0.833 bits per heavy atom. The maximum Gasteiger partial charge on any atom is 0.264 e. The van der Waals surface area contributed by atoms with Crippen molar-refractivity contribution in [2.45, 2.75) is 43.7 Å². The molecule has 0 bridgehead atoms. The van der Waals surface area contributed by atoms with Crippen LogP contribution in [0.5, 0.6) is 57.5 Å². The van der Waals surface area contributed by atoms with Gasteiger partial charge in [0, 0.05) is 56.7 Å². The summed E-state index contributed by atoms with van der Waals surface area (Å²) in [6, 6.07) is 68.1. The number of sulfonamides is 5. The molecule has 0 radical (unpaired) electrons. The maximum absolute atomic E-state index is 13.5. The molecule has 1 fully saturated rings. The smallest absolute Gasteiger partial charge is 0.264 e. The largest absolute Gasteiger partial charge is 0.497 e. The minimum Gasteiger partial charge on any atom is -0.497 e. The van der Waals surface area contributed by atoms with Crippen LogP contribution in [0.3, 0.4) is 0 Å². The van der Waals surface area contributed by atoms with Crippen molar-refractivity contribution >= 4 is 119 Å². The standard InChI is InChI=1S/C21H21N3O5S.C21H26N2O5S.C20H20N4O5S.C17H20N2O5S.C16H18N2O5S/c1-28-17-10-11-20(29-2)19(13-17)24(30(26,27)18-8-4-3-5-9-18)15-21(25)23-16-7-6-12-22-14-16;1-27-17-11-12-20(28-2)19(15-17)23(16-21(24)22-13-7-4-8-14-22)29(25,26)18-9-5-3-6-10-18;1-28-16-8-9-19(29-2)18(12-16)24(30(26,27)17-6-4-3-5-7-17)14-20(25)23-15-10-11-21-22-13-15;1-18-17(20)12-19(25(21,22)14-7-5-4-6-8-14)15-11-13(23-2)9-10-16(15)24-3;1-22-12-8-9-15(23-2)14(10-12)18(11-16(17)19)24(20,21)13-6-4-3-5-7-13/h3-14H,15H2,1-2H3,(H,23,25);3,5-6,9-12,15H,4,7-8,13-14,16H2,1-2H3;3-13H,14H2,1-2H3,(H,21,23,25);4-11H,12H2,1-3H3,(H,18,20);3-10H,11H2,1-2H3,(H2,17,19). The second-order valence-corrected chi connectivity index (χ2v) is 38.2. The van der Waals surface area contributed by atoms with E-state index in [9.17, 15) is 66.1 Å². The molecule has 2 aromatic heterocycles. The number of carbonyl (C=O) groups is 5. The first-order valence-electron chi connectivity index (χ1n) is 41.7. The Kier molecular flexibility index (Phi) is 39.1. The quantitative estimate of drug-likeness (QED) is 0.0281. The number of likely N-dealkylation sites (tertiary alicyclic amines) is 1. The summed E-state index contributed by atoms with van der Waals surface area (Å²) in [6.07, 6.45) is 8.76. The summed E-state index contributed by atoms with van der Waals surface area (Å²) in [7, 11) is -4.21. The number of likely N-dealkylation sites (N-methyl/N-ethyl adjacent to an activating group) is 1. The Labute approximate surface area is 801 Å². The van der Waals surface area contributed by atoms with E-state index in [-0.39, 0.29) is 82.6 Å². The fourth-order valence-corrected chi connectivity index (χ4v) is 20.5. The Hall–Kier alpha value is -15.5. The van der Waals surface area contributed by atoms with Crippen LogP contribution in [0.25, 0.3) is 0 Å². The molecular formula is C95H105N13O25S5. The summed E-state index contributed by atoms with van der Waals surface area (Å²) in [5.41, 5.74) is 7.10. The highest BCUT2D eigenvalue weighted by Crippen LogP contribution is 2.42. The van der Waals surface area contributed by atoms with Crippen LogP contribution < -0.4 is 90.6 Å². The number of pyridine rings is 1. The Morgan fingerprint density at radius 1 is 0.312 bits per heavy atom. The number of benzene rings is 10. The topological polar surface area (TPSA) is 469 Å². The third kappa shape index (κ3) is 28.1. The van der Waals surface area contributed by atoms with Gasteiger partial charge in [-0.2, -0.15) is 10.2 Å². The van der Waals surface area contributed by atoms with Crippen molar-refractivity contribution in [1.29, 1.82) is 0 Å². The number of amides is 5. The van der Waals surface area contributed by atoms with Crippen LogP contribution in [-0.4, -0.2) is 216 Å². The first-order valence-corrected chi connectivity index (χ1v) is 48.9. The van der Waals surface area contributed by atoms with Crippen LogP contribution in [-0.2, 0) is 74.1 Å². The van der Waals surface area contributed by atoms with E-state index >= 15 is 0 Å². The molecule has 1 aliphatic rings. The summed E-state index contributed by atoms with van der Waals surface area (Å²) in [6.45, 7) is -0.905. The van der Waals surface area contributed by atoms with Gasteiger partial charge in [0.2, 0.25) is 29.5 Å². The zero-order valence-corrected chi connectivity index (χ0v) is 81.1. The van der Waals surface area contributed by atoms with Crippen LogP contribution in [0, 0.1) is 0 Å². The molecule has 0 atom stereocenters. The number of nitrogens with two attached hydrogens (primary N) is 1. The molecule has 0 unspecified atom stereocenters. The average Bonchev–Trinajstić information content (AvgIpc) is 0.632. The predicted octanol–water partition coefficient (Wildman–Crippen LogP) is 11.2. The lowest BCUT2D eigenvalue weighted by molar-refractivity contribution is -0.130. The van der Waals surface area contributed by atoms with E-state index in [1.54, 1.807) is 187 Å². The van der Waals surface area contributed by atoms with Crippen LogP contribution in [0.2, 0.25) is 0 Å². The van der Waals surface area contributed by atoms with Crippen molar-refractivity contribution in [1.82, 2.24) is 25.4 Å². The highest BCUT2D eigenvalue weighted by atomic mass is 32.2. The first-order chi connectivity index (χ1) is 66.2. The number of hydrogen-bond donors (Lipinski definition) is 4. The molecule has 38 nitrogen and oxygen atoms in total. The minimum absolute atomic E-state index is 0.0354. The van der Waals surface area contributed by atoms with Crippen LogP contribution in [0.15, 0.2) is 310 Å². The van der Waals surface area contributed by atoms with E-state index in [1.165, 1.54) is 182 Å². The van der Waals surface area contributed by atoms with E-state index in [1.807, 2.05) is 0 Å². The van der Waals surface area contributed by atoms with Crippen molar-refractivity contribution in [2.75, 3.05) is 156 Å². The molecule has 5 amide bonds. The lowest BCUT2D eigenvalue weighted by Crippen LogP contribution is -2.45. The predicted molar refractivity (Wildman–Crippen MR) is 520 cm³/mol. The van der Waals surface area contributed by atoms with Gasteiger partial charge in [0.05, 0.1) is 154 Å². The molecule has 5 N–H and O–H groups in total. The summed E-state index contributed by atoms with van der Waals surface area (Å²) in [4.78, 5) is 67.7. The zero-order valence-electron chi connectivity index (χ0n) is 77.1. The molecule has 0 spiro atoms. The van der Waals surface area contributed by atoms with Gasteiger partial charge in [-0.1, -0.05) is 91.0 Å². The van der Waals surface area contributed by atoms with Crippen molar-refractivity contribution < 1.29 is 113 Å². The average molecular weight is 1990 g/mol. The number of methoxy groups -OCH3 is 10. The summed E-state index contributed by atoms with van der Waals surface area (Å²) < 4.78 is 190. The monoisotopic (exact) mass is 1990 g/mol. The zero-order chi connectivity index (χ0) is 100. The van der Waals surface area contributed by atoms with Crippen LogP contribution in [0.1, 0.15) is 19.3 Å². The molecule has 0 saturated carbocycles. The number of nitrogens with zero attached hydrogens (tertiary/aromatic N) is 9. The minimum atomic E-state index is -4.09. The molecule has 3 heterocycles. The van der Waals surface area contributed by atoms with E-state index in [0.717, 1.165) is 40.8 Å². The number of aromatic nitrogens is 3. The number of ether oxygens (including phenoxy) is 10. The van der Waals surface area contributed by atoms with Gasteiger partial charge in [0.1, 0.15) is 90.2 Å². The lowest BCUT2D eigenvalue weighted by atomic mass is 10.1. The van der Waals surface area contributed by atoms with Gasteiger partial charge < -0.3 is 74.0 Å². The molecule has 10 aromatic carbocycles. The Morgan fingerprint density at radius 2 is 0.587 bits per heavy atom. The SMILES string of the molecule is CNC(=O)CN(c1cc(OC)ccc1OC)S(=O)(=O)c1ccccc1.COc1ccc(OC)c(N(CC(=O)N2CCCCC2)S(=O)(=O)c2ccccc2)c1.COc1ccc(OC)c(N(CC(=O)Nc2cccnc2)S(=O)(=O)c2ccccc2)c1.COc1ccc(OC)c(N(CC(=O)Nc2ccnnc2)S(=O)(=O)c2ccccc2)c1.COc1ccc(OC)c(N(CC(N)=O)S(=O)(=O)c2ccccc2)c1. The third-order valence-corrected chi connectivity index (χ3v) is 29.0. The highest BCUT2D eigenvalue weighted by molar-refractivity contribution is 7.94. The lowest BCUT2D eigenvalue weighted by Gasteiger charge is -2.31. The number of nitrogens with one attached hydrogen (secondary N) is 3. The second-order valence-electron chi connectivity index (χ2n) is 28.9. The van der Waals surface area contributed by atoms with E-state index < -0.39 is 99.9 Å². The van der Waals surface area contributed by atoms with Gasteiger partial charge in [0.15, 0.2) is 0 Å². The highest BCUT2D eigenvalue weighted by Gasteiger charge is 2.37. The summed E-state index contributed by atoms with van der Waals surface area (Å²) in [5.74, 6) is 1.08. The van der Waals surface area contributed by atoms with Crippen molar-refractivity contribution in [3.05, 3.63) is 286 Å². The molecular weight excluding hydrogens is 1880 g/mol. The van der Waals surface area contributed by atoms with Crippen LogP contribution in [0.4, 0.5) is 39.8 Å². The van der Waals surface area contributed by atoms with E-state index in [4.69, 9.17) is 53.1 Å². The Bertz CT molecular complexity index is 6490. The van der Waals surface area contributed by atoms with Gasteiger partial charge in [-0.25, -0.2) is 42.1 Å². The van der Waals surface area contributed by atoms with Crippen molar-refractivity contribution in [3.63, 3.8) is 0 Å². The fourth-order valence-electron chi connectivity index (χ4n) is 13.2. The van der Waals surface area contributed by atoms with Gasteiger partial charge in [-0.3, -0.25) is 50.5 Å². The normalized spacial score (nSPS) is 11.6. The molecule has 1 aliphatic heterocycles. The van der Waals surface area contributed by atoms with Crippen LogP contribution >= 0.6 is 0 Å². The number of primary amides is 1. The number of rotatable bonds is 37. The molecule has 1 saturated heterocycles.